The maximum Gasteiger partial charge on any atom is 0.0774 e. The van der Waals surface area contributed by atoms with E-state index >= 15 is 0 Å². The van der Waals surface area contributed by atoms with Crippen molar-refractivity contribution >= 4 is 32.5 Å². The van der Waals surface area contributed by atoms with Crippen molar-refractivity contribution in [3.05, 3.63) is 163 Å². The number of imidazole rings is 1. The molecule has 44 heavy (non-hydrogen) atoms. The van der Waals surface area contributed by atoms with Crippen LogP contribution < -0.4 is 0 Å². The number of fused-ring (bicyclic) bond motifs is 2. The molecular weight excluding hydrogens is 735 g/mol. The smallest absolute Gasteiger partial charge is 0.0774 e. The van der Waals surface area contributed by atoms with Gasteiger partial charge in [-0.05, 0) is 54.0 Å². The van der Waals surface area contributed by atoms with Gasteiger partial charge in [0.1, 0.15) is 0 Å². The molecule has 0 aliphatic rings. The molecule has 0 N–H and O–H groups in total. The minimum Gasteiger partial charge on any atom is -0.333 e. The zero-order valence-electron chi connectivity index (χ0n) is 26.4. The van der Waals surface area contributed by atoms with E-state index in [2.05, 4.69) is 63.5 Å². The Balaban J connectivity index is 0.000000250. The van der Waals surface area contributed by atoms with Crippen LogP contribution in [-0.2, 0) is 20.1 Å². The first-order chi connectivity index (χ1) is 22.5. The molecule has 8 rings (SSSR count). The summed E-state index contributed by atoms with van der Waals surface area (Å²) in [7, 11) is 0. The summed E-state index contributed by atoms with van der Waals surface area (Å²) in [5.41, 5.74) is 8.47. The molecule has 5 aromatic carbocycles. The molecule has 3 aromatic heterocycles. The van der Waals surface area contributed by atoms with Crippen molar-refractivity contribution in [2.75, 3.05) is 0 Å². The fraction of sp³-hybridized carbons (Fsp3) is 0.0256. The molecule has 215 valence electrons. The summed E-state index contributed by atoms with van der Waals surface area (Å²) in [6.07, 6.45) is 1.79. The van der Waals surface area contributed by atoms with Gasteiger partial charge in [0.15, 0.2) is 0 Å². The number of benzene rings is 5. The van der Waals surface area contributed by atoms with E-state index in [1.54, 1.807) is 18.3 Å². The zero-order valence-corrected chi connectivity index (χ0v) is 26.7. The summed E-state index contributed by atoms with van der Waals surface area (Å²) in [5, 5.41) is 4.35. The molecule has 0 amide bonds. The third kappa shape index (κ3) is 6.04. The normalized spacial score (nSPS) is 12.0. The quantitative estimate of drug-likeness (QED) is 0.167. The Kier molecular flexibility index (Phi) is 7.81. The van der Waals surface area contributed by atoms with Gasteiger partial charge in [-0.2, -0.15) is 0 Å². The van der Waals surface area contributed by atoms with Crippen molar-refractivity contribution in [3.63, 3.8) is 0 Å². The van der Waals surface area contributed by atoms with Crippen molar-refractivity contribution in [2.45, 2.75) is 6.85 Å². The average molecular weight is 765 g/mol. The fourth-order valence-corrected chi connectivity index (χ4v) is 5.98. The van der Waals surface area contributed by atoms with E-state index in [1.807, 2.05) is 84.9 Å². The van der Waals surface area contributed by atoms with Gasteiger partial charge >= 0.3 is 0 Å². The number of thiophene rings is 1. The Morgan fingerprint density at radius 3 is 2.30 bits per heavy atom. The van der Waals surface area contributed by atoms with Crippen LogP contribution in [-0.4, -0.2) is 14.5 Å². The van der Waals surface area contributed by atoms with Gasteiger partial charge < -0.3 is 9.55 Å². The number of hydrogen-bond donors (Lipinski definition) is 0. The predicted octanol–water partition coefficient (Wildman–Crippen LogP) is 10.2. The average Bonchev–Trinajstić information content (AvgIpc) is 3.71. The third-order valence-electron chi connectivity index (χ3n) is 7.18. The molecule has 0 unspecified atom stereocenters. The Hall–Kier alpha value is -4.67. The zero-order chi connectivity index (χ0) is 31.5. The molecule has 3 nitrogen and oxygen atoms in total. The second kappa shape index (κ2) is 13.3. The summed E-state index contributed by atoms with van der Waals surface area (Å²) >= 11 is 1.42. The fourth-order valence-electron chi connectivity index (χ4n) is 5.10. The summed E-state index contributed by atoms with van der Waals surface area (Å²) in [4.78, 5) is 9.18. The van der Waals surface area contributed by atoms with Crippen LogP contribution in [0.15, 0.2) is 146 Å². The summed E-state index contributed by atoms with van der Waals surface area (Å²) in [6, 6.07) is 49.0. The molecule has 3 heterocycles. The Morgan fingerprint density at radius 2 is 1.52 bits per heavy atom. The Morgan fingerprint density at radius 1 is 0.750 bits per heavy atom. The molecule has 5 heteroatoms. The molecule has 0 saturated carbocycles. The molecule has 0 aliphatic carbocycles. The van der Waals surface area contributed by atoms with Crippen molar-refractivity contribution in [1.29, 1.82) is 0 Å². The van der Waals surface area contributed by atoms with Crippen molar-refractivity contribution in [1.82, 2.24) is 14.5 Å². The number of aryl methyl sites for hydroxylation is 1. The van der Waals surface area contributed by atoms with Crippen LogP contribution in [0, 0.1) is 18.3 Å². The van der Waals surface area contributed by atoms with Crippen LogP contribution >= 0.6 is 11.3 Å². The van der Waals surface area contributed by atoms with Crippen molar-refractivity contribution in [2.24, 2.45) is 0 Å². The largest absolute Gasteiger partial charge is 0.333 e. The van der Waals surface area contributed by atoms with E-state index in [9.17, 15) is 0 Å². The van der Waals surface area contributed by atoms with E-state index in [0.717, 1.165) is 55.0 Å². The topological polar surface area (TPSA) is 30.7 Å². The van der Waals surface area contributed by atoms with Gasteiger partial charge in [0, 0.05) is 36.1 Å². The van der Waals surface area contributed by atoms with Gasteiger partial charge in [-0.1, -0.05) is 100 Å². The molecule has 0 atom stereocenters. The molecule has 0 saturated heterocycles. The first-order valence-electron chi connectivity index (χ1n) is 15.4. The minimum atomic E-state index is -2.13. The van der Waals surface area contributed by atoms with Crippen molar-refractivity contribution < 1.29 is 24.2 Å². The second-order valence-corrected chi connectivity index (χ2v) is 10.8. The first-order valence-corrected chi connectivity index (χ1v) is 14.7. The second-order valence-electron chi connectivity index (χ2n) is 9.95. The Labute approximate surface area is 279 Å². The van der Waals surface area contributed by atoms with Crippen LogP contribution in [0.4, 0.5) is 0 Å². The van der Waals surface area contributed by atoms with E-state index in [0.29, 0.717) is 5.56 Å². The molecule has 0 spiro atoms. The summed E-state index contributed by atoms with van der Waals surface area (Å²) in [6.45, 7) is -2.13. The first kappa shape index (κ1) is 25.8. The van der Waals surface area contributed by atoms with Gasteiger partial charge in [0.2, 0.25) is 0 Å². The van der Waals surface area contributed by atoms with Gasteiger partial charge in [0.05, 0.1) is 16.9 Å². The third-order valence-corrected chi connectivity index (χ3v) is 8.04. The van der Waals surface area contributed by atoms with Crippen LogP contribution in [0.3, 0.4) is 0 Å². The van der Waals surface area contributed by atoms with Gasteiger partial charge in [-0.25, -0.2) is 0 Å². The number of nitrogens with zero attached hydrogens (tertiary/aromatic N) is 3. The number of aromatic nitrogens is 3. The molecule has 8 aromatic rings. The monoisotopic (exact) mass is 765 g/mol. The maximum absolute atomic E-state index is 7.73. The van der Waals surface area contributed by atoms with Crippen LogP contribution in [0.25, 0.3) is 60.6 Å². The van der Waals surface area contributed by atoms with E-state index < -0.39 is 6.85 Å². The number of para-hydroxylation sites is 2. The van der Waals surface area contributed by atoms with E-state index in [4.69, 9.17) is 9.10 Å². The van der Waals surface area contributed by atoms with Gasteiger partial charge in [-0.15, -0.1) is 47.3 Å². The maximum atomic E-state index is 7.73. The molecule has 1 radical (unpaired) electrons. The summed E-state index contributed by atoms with van der Waals surface area (Å²) in [5.74, 6) is 0.793. The number of pyridine rings is 1. The van der Waals surface area contributed by atoms with Crippen LogP contribution in [0.1, 0.15) is 9.68 Å². The van der Waals surface area contributed by atoms with E-state index in [1.165, 1.54) is 16.9 Å². The molecule has 0 aliphatic heterocycles. The molecular formula is C39H27IrN3S-2. The molecule has 0 bridgehead atoms. The SMILES string of the molecule is [2H]C([2H])([2H])c1ccc2c(-c3nc4ccccc4n3-c3ccc(-c4ccccc4)cc3)[c-]sc2c1.[Ir].[c-]1ccccc1-c1ccccn1. The van der Waals surface area contributed by atoms with E-state index in [-0.39, 0.29) is 20.1 Å². The van der Waals surface area contributed by atoms with Crippen LogP contribution in [0.5, 0.6) is 0 Å². The number of hydrogen-bond acceptors (Lipinski definition) is 3. The van der Waals surface area contributed by atoms with Gasteiger partial charge in [-0.3, -0.25) is 16.3 Å². The Bertz CT molecular complexity index is 2190. The summed E-state index contributed by atoms with van der Waals surface area (Å²) < 4.78 is 26.2. The molecule has 0 fully saturated rings. The number of rotatable bonds is 4. The van der Waals surface area contributed by atoms with Crippen molar-refractivity contribution in [3.8, 4) is 39.5 Å². The predicted molar refractivity (Wildman–Crippen MR) is 179 cm³/mol. The minimum absolute atomic E-state index is 0. The standard InChI is InChI=1S/C28H19N2S.C11H8N.Ir/c1-19-11-16-23-24(18-31-27(23)17-19)28-29-25-9-5-6-10-26(25)30(28)22-14-12-21(13-15-22)20-7-3-2-4-8-20;1-2-6-10(7-3-1)11-8-4-5-9-12-11;/h2-17H,1H3;1-6,8-9H;/q2*-1;/i1D3;;. The van der Waals surface area contributed by atoms with Crippen LogP contribution in [0.2, 0.25) is 0 Å². The van der Waals surface area contributed by atoms with Gasteiger partial charge in [0.25, 0.3) is 0 Å².